The lowest BCUT2D eigenvalue weighted by Crippen LogP contribution is -2.10. The van der Waals surface area contributed by atoms with Gasteiger partial charge in [0.15, 0.2) is 5.75 Å². The summed E-state index contributed by atoms with van der Waals surface area (Å²) in [5.74, 6) is 2.19. The Morgan fingerprint density at radius 2 is 1.88 bits per heavy atom. The van der Waals surface area contributed by atoms with Gasteiger partial charge in [0.2, 0.25) is 5.95 Å². The fraction of sp³-hybridized carbons (Fsp3) is 0.200. The van der Waals surface area contributed by atoms with Gasteiger partial charge in [-0.15, -0.1) is 0 Å². The molecule has 6 heteroatoms. The van der Waals surface area contributed by atoms with Crippen LogP contribution in [0.25, 0.3) is 0 Å². The molecule has 1 aromatic heterocycles. The zero-order valence-corrected chi connectivity index (χ0v) is 14.3. The maximum absolute atomic E-state index is 5.13. The van der Waals surface area contributed by atoms with E-state index in [1.165, 1.54) is 5.56 Å². The molecule has 0 unspecified atom stereocenters. The molecule has 0 saturated heterocycles. The van der Waals surface area contributed by atoms with Crippen molar-refractivity contribution in [3.05, 3.63) is 77.5 Å². The van der Waals surface area contributed by atoms with E-state index in [0.717, 1.165) is 35.7 Å². The van der Waals surface area contributed by atoms with E-state index in [1.807, 2.05) is 36.4 Å². The normalized spacial score (nSPS) is 12.3. The minimum Gasteiger partial charge on any atom is -0.366 e. The second-order valence-electron chi connectivity index (χ2n) is 6.02. The Morgan fingerprint density at radius 3 is 2.81 bits per heavy atom. The van der Waals surface area contributed by atoms with Crippen LogP contribution in [0.15, 0.2) is 60.8 Å². The number of fused-ring (bicyclic) bond motifs is 1. The van der Waals surface area contributed by atoms with E-state index in [2.05, 4.69) is 38.8 Å². The first-order valence-electron chi connectivity index (χ1n) is 8.63. The lowest BCUT2D eigenvalue weighted by atomic mass is 10.1. The molecule has 2 heterocycles. The van der Waals surface area contributed by atoms with E-state index in [-0.39, 0.29) is 0 Å². The van der Waals surface area contributed by atoms with Crippen LogP contribution in [0, 0.1) is 0 Å². The fourth-order valence-electron chi connectivity index (χ4n) is 2.86. The highest BCUT2D eigenvalue weighted by Gasteiger charge is 2.17. The summed E-state index contributed by atoms with van der Waals surface area (Å²) < 4.78 is 0. The average molecular weight is 348 g/mol. The van der Waals surface area contributed by atoms with Crippen LogP contribution in [0.5, 0.6) is 5.75 Å². The second-order valence-corrected chi connectivity index (χ2v) is 6.02. The molecule has 2 aromatic carbocycles. The van der Waals surface area contributed by atoms with Crippen molar-refractivity contribution in [1.82, 2.24) is 9.97 Å². The van der Waals surface area contributed by atoms with Gasteiger partial charge in [-0.3, -0.25) is 0 Å². The largest absolute Gasteiger partial charge is 0.366 e. The van der Waals surface area contributed by atoms with E-state index in [0.29, 0.717) is 19.1 Å². The predicted molar refractivity (Wildman–Crippen MR) is 99.9 cm³/mol. The van der Waals surface area contributed by atoms with Crippen LogP contribution in [0.4, 0.5) is 11.8 Å². The molecule has 0 aliphatic carbocycles. The summed E-state index contributed by atoms with van der Waals surface area (Å²) in [5, 5.41) is 6.61. The molecule has 3 aromatic rings. The van der Waals surface area contributed by atoms with Gasteiger partial charge in [-0.2, -0.15) is 9.87 Å². The van der Waals surface area contributed by atoms with Gasteiger partial charge in [-0.05, 0) is 29.7 Å². The highest BCUT2D eigenvalue weighted by molar-refractivity contribution is 5.45. The number of nitrogens with one attached hydrogen (secondary N) is 2. The zero-order valence-electron chi connectivity index (χ0n) is 14.3. The predicted octanol–water partition coefficient (Wildman–Crippen LogP) is 3.57. The molecule has 0 atom stereocenters. The monoisotopic (exact) mass is 348 g/mol. The molecule has 26 heavy (non-hydrogen) atoms. The standard InChI is InChI=1S/C20H20N4O2/c1-2-5-15(6-3-1)9-11-21-20-22-12-10-19(24-20)23-13-16-7-4-8-18-17(16)14-25-26-18/h1-8,10,12H,9,11,13-14H2,(H2,21,22,23,24). The minimum atomic E-state index is 0.475. The van der Waals surface area contributed by atoms with Crippen molar-refractivity contribution >= 4 is 11.8 Å². The number of benzene rings is 2. The topological polar surface area (TPSA) is 68.3 Å². The zero-order chi connectivity index (χ0) is 17.6. The Hall–Kier alpha value is -3.12. The molecule has 0 radical (unpaired) electrons. The summed E-state index contributed by atoms with van der Waals surface area (Å²) >= 11 is 0. The van der Waals surface area contributed by atoms with Crippen LogP contribution < -0.4 is 15.5 Å². The first-order chi connectivity index (χ1) is 12.9. The summed E-state index contributed by atoms with van der Waals surface area (Å²) in [6, 6.07) is 18.1. The van der Waals surface area contributed by atoms with Crippen molar-refractivity contribution in [1.29, 1.82) is 0 Å². The van der Waals surface area contributed by atoms with Crippen LogP contribution in [0.1, 0.15) is 16.7 Å². The summed E-state index contributed by atoms with van der Waals surface area (Å²) in [4.78, 5) is 19.0. The van der Waals surface area contributed by atoms with Crippen LogP contribution in [-0.2, 0) is 24.5 Å². The van der Waals surface area contributed by atoms with Crippen LogP contribution in [-0.4, -0.2) is 16.5 Å². The lowest BCUT2D eigenvalue weighted by molar-refractivity contribution is -0.194. The highest BCUT2D eigenvalue weighted by atomic mass is 17.2. The summed E-state index contributed by atoms with van der Waals surface area (Å²) in [6.45, 7) is 1.91. The number of hydrogen-bond acceptors (Lipinski definition) is 6. The van der Waals surface area contributed by atoms with E-state index in [1.54, 1.807) is 6.20 Å². The molecule has 4 rings (SSSR count). The van der Waals surface area contributed by atoms with Crippen molar-refractivity contribution in [3.63, 3.8) is 0 Å². The molecular weight excluding hydrogens is 328 g/mol. The van der Waals surface area contributed by atoms with Gasteiger partial charge in [-0.1, -0.05) is 42.5 Å². The van der Waals surface area contributed by atoms with Crippen molar-refractivity contribution in [2.75, 3.05) is 17.2 Å². The molecule has 1 aliphatic heterocycles. The van der Waals surface area contributed by atoms with Crippen molar-refractivity contribution in [2.45, 2.75) is 19.6 Å². The molecule has 2 N–H and O–H groups in total. The molecule has 0 saturated carbocycles. The van der Waals surface area contributed by atoms with Crippen LogP contribution in [0.2, 0.25) is 0 Å². The lowest BCUT2D eigenvalue weighted by Gasteiger charge is -2.10. The maximum Gasteiger partial charge on any atom is 0.224 e. The van der Waals surface area contributed by atoms with E-state index in [4.69, 9.17) is 9.78 Å². The van der Waals surface area contributed by atoms with Crippen molar-refractivity contribution in [3.8, 4) is 5.75 Å². The quantitative estimate of drug-likeness (QED) is 0.636. The van der Waals surface area contributed by atoms with Gasteiger partial charge < -0.3 is 15.5 Å². The molecule has 0 spiro atoms. The van der Waals surface area contributed by atoms with Gasteiger partial charge in [0, 0.05) is 24.8 Å². The first kappa shape index (κ1) is 16.4. The third-order valence-electron chi connectivity index (χ3n) is 4.24. The summed E-state index contributed by atoms with van der Waals surface area (Å²) in [5.41, 5.74) is 3.50. The molecular formula is C20H20N4O2. The van der Waals surface area contributed by atoms with Crippen LogP contribution >= 0.6 is 0 Å². The molecule has 1 aliphatic rings. The number of hydrogen-bond donors (Lipinski definition) is 2. The Labute approximate surface area is 152 Å². The highest BCUT2D eigenvalue weighted by Crippen LogP contribution is 2.29. The Bertz CT molecular complexity index is 871. The van der Waals surface area contributed by atoms with Gasteiger partial charge >= 0.3 is 0 Å². The van der Waals surface area contributed by atoms with Crippen molar-refractivity contribution < 1.29 is 9.78 Å². The second kappa shape index (κ2) is 7.84. The van der Waals surface area contributed by atoms with E-state index in [9.17, 15) is 0 Å². The molecule has 6 nitrogen and oxygen atoms in total. The van der Waals surface area contributed by atoms with E-state index < -0.39 is 0 Å². The van der Waals surface area contributed by atoms with Gasteiger partial charge in [-0.25, -0.2) is 4.98 Å². The third kappa shape index (κ3) is 3.92. The number of anilines is 2. The fourth-order valence-corrected chi connectivity index (χ4v) is 2.86. The average Bonchev–Trinajstić information content (AvgIpc) is 3.17. The summed E-state index contributed by atoms with van der Waals surface area (Å²) in [6.07, 6.45) is 2.68. The molecule has 132 valence electrons. The van der Waals surface area contributed by atoms with Gasteiger partial charge in [0.25, 0.3) is 0 Å². The number of nitrogens with zero attached hydrogens (tertiary/aromatic N) is 2. The van der Waals surface area contributed by atoms with Crippen molar-refractivity contribution in [2.24, 2.45) is 0 Å². The maximum atomic E-state index is 5.13. The van der Waals surface area contributed by atoms with E-state index >= 15 is 0 Å². The summed E-state index contributed by atoms with van der Waals surface area (Å²) in [7, 11) is 0. The molecule has 0 fully saturated rings. The van der Waals surface area contributed by atoms with Gasteiger partial charge in [0.1, 0.15) is 12.4 Å². The minimum absolute atomic E-state index is 0.475. The van der Waals surface area contributed by atoms with Gasteiger partial charge in [0.05, 0.1) is 0 Å². The molecule has 0 amide bonds. The Kier molecular flexibility index (Phi) is 4.93. The SMILES string of the molecule is c1ccc(CCNc2nccc(NCc3cccc4c3COO4)n2)cc1. The number of aromatic nitrogens is 2. The smallest absolute Gasteiger partial charge is 0.224 e. The third-order valence-corrected chi connectivity index (χ3v) is 4.24. The molecule has 0 bridgehead atoms. The number of rotatable bonds is 7. The first-order valence-corrected chi connectivity index (χ1v) is 8.63. The Balaban J connectivity index is 1.33. The van der Waals surface area contributed by atoms with Crippen LogP contribution in [0.3, 0.4) is 0 Å². The Morgan fingerprint density at radius 1 is 0.962 bits per heavy atom.